The summed E-state index contributed by atoms with van der Waals surface area (Å²) in [5, 5.41) is 0. The molecule has 0 bridgehead atoms. The van der Waals surface area contributed by atoms with Crippen LogP contribution in [0.3, 0.4) is 0 Å². The maximum absolute atomic E-state index is 14.2. The highest BCUT2D eigenvalue weighted by Crippen LogP contribution is 2.27. The van der Waals surface area contributed by atoms with Crippen molar-refractivity contribution in [3.05, 3.63) is 34.6 Å². The van der Waals surface area contributed by atoms with Gasteiger partial charge in [-0.05, 0) is 62.6 Å². The topological polar surface area (TPSA) is 26.0 Å². The predicted molar refractivity (Wildman–Crippen MR) is 65.0 cm³/mol. The summed E-state index contributed by atoms with van der Waals surface area (Å²) in [5.41, 5.74) is 8.51. The van der Waals surface area contributed by atoms with Crippen molar-refractivity contribution in [2.45, 2.75) is 51.5 Å². The van der Waals surface area contributed by atoms with E-state index >= 15 is 0 Å². The van der Waals surface area contributed by atoms with Crippen molar-refractivity contribution in [1.29, 1.82) is 0 Å². The van der Waals surface area contributed by atoms with Crippen molar-refractivity contribution < 1.29 is 4.39 Å². The summed E-state index contributed by atoms with van der Waals surface area (Å²) >= 11 is 0. The zero-order valence-electron chi connectivity index (χ0n) is 10.1. The quantitative estimate of drug-likeness (QED) is 0.816. The van der Waals surface area contributed by atoms with Crippen LogP contribution in [0.4, 0.5) is 4.39 Å². The first kappa shape index (κ1) is 11.6. The highest BCUT2D eigenvalue weighted by Gasteiger charge is 2.20. The van der Waals surface area contributed by atoms with Crippen molar-refractivity contribution in [2.75, 3.05) is 0 Å². The van der Waals surface area contributed by atoms with E-state index in [0.717, 1.165) is 30.4 Å². The molecule has 1 nitrogen and oxygen atoms in total. The summed E-state index contributed by atoms with van der Waals surface area (Å²) in [7, 11) is 0. The van der Waals surface area contributed by atoms with Gasteiger partial charge in [0.2, 0.25) is 0 Å². The van der Waals surface area contributed by atoms with E-state index in [-0.39, 0.29) is 11.4 Å². The molecule has 1 aromatic rings. The average molecular weight is 221 g/mol. The molecule has 88 valence electrons. The number of nitrogens with two attached hydrogens (primary N) is 1. The molecule has 0 amide bonds. The van der Waals surface area contributed by atoms with E-state index in [9.17, 15) is 4.39 Å². The molecule has 1 aromatic carbocycles. The van der Waals surface area contributed by atoms with Gasteiger partial charge in [-0.1, -0.05) is 12.1 Å². The van der Waals surface area contributed by atoms with Crippen molar-refractivity contribution in [3.63, 3.8) is 0 Å². The lowest BCUT2D eigenvalue weighted by Gasteiger charge is -2.22. The smallest absolute Gasteiger partial charge is 0.129 e. The molecule has 0 heterocycles. The van der Waals surface area contributed by atoms with Gasteiger partial charge in [0.25, 0.3) is 0 Å². The summed E-state index contributed by atoms with van der Waals surface area (Å²) in [6, 6.07) is 3.99. The molecule has 0 saturated heterocycles. The molecule has 1 aliphatic carbocycles. The molecule has 2 N–H and O–H groups in total. The van der Waals surface area contributed by atoms with Crippen LogP contribution in [-0.2, 0) is 19.3 Å². The van der Waals surface area contributed by atoms with Gasteiger partial charge in [0.15, 0.2) is 0 Å². The number of halogens is 1. The van der Waals surface area contributed by atoms with E-state index in [1.165, 1.54) is 12.0 Å². The fourth-order valence-corrected chi connectivity index (χ4v) is 2.46. The minimum absolute atomic E-state index is 0.00396. The molecule has 2 rings (SSSR count). The Kier molecular flexibility index (Phi) is 3.02. The summed E-state index contributed by atoms with van der Waals surface area (Å²) < 4.78 is 14.2. The van der Waals surface area contributed by atoms with E-state index in [1.807, 2.05) is 19.9 Å². The third-order valence-electron chi connectivity index (χ3n) is 3.19. The van der Waals surface area contributed by atoms with Crippen LogP contribution in [-0.4, -0.2) is 5.54 Å². The lowest BCUT2D eigenvalue weighted by molar-refractivity contribution is 0.490. The third kappa shape index (κ3) is 2.43. The highest BCUT2D eigenvalue weighted by atomic mass is 19.1. The minimum atomic E-state index is -0.344. The average Bonchev–Trinajstić information content (AvgIpc) is 2.21. The number of rotatable bonds is 2. The zero-order valence-corrected chi connectivity index (χ0v) is 10.1. The second kappa shape index (κ2) is 4.17. The van der Waals surface area contributed by atoms with Crippen LogP contribution in [0.15, 0.2) is 12.1 Å². The summed E-state index contributed by atoms with van der Waals surface area (Å²) in [6.07, 6.45) is 4.82. The molecular weight excluding hydrogens is 201 g/mol. The van der Waals surface area contributed by atoms with Crippen molar-refractivity contribution >= 4 is 0 Å². The highest BCUT2D eigenvalue weighted by molar-refractivity contribution is 5.36. The number of hydrogen-bond donors (Lipinski definition) is 1. The Hall–Kier alpha value is -0.890. The van der Waals surface area contributed by atoms with Crippen LogP contribution in [0.2, 0.25) is 0 Å². The van der Waals surface area contributed by atoms with E-state index in [0.29, 0.717) is 6.42 Å². The van der Waals surface area contributed by atoms with E-state index in [4.69, 9.17) is 5.73 Å². The van der Waals surface area contributed by atoms with Gasteiger partial charge in [0.1, 0.15) is 5.82 Å². The SMILES string of the molecule is CC(C)(N)Cc1ccc2c(c1F)CCCC2. The van der Waals surface area contributed by atoms with Gasteiger partial charge < -0.3 is 5.73 Å². The second-order valence-corrected chi connectivity index (χ2v) is 5.55. The summed E-state index contributed by atoms with van der Waals surface area (Å²) in [6.45, 7) is 3.87. The predicted octanol–water partition coefficient (Wildman–Crippen LogP) is 2.98. The first-order valence-corrected chi connectivity index (χ1v) is 6.05. The van der Waals surface area contributed by atoms with Crippen molar-refractivity contribution in [2.24, 2.45) is 5.73 Å². The summed E-state index contributed by atoms with van der Waals surface area (Å²) in [5.74, 6) is -0.00396. The fourth-order valence-electron chi connectivity index (χ4n) is 2.46. The lowest BCUT2D eigenvalue weighted by atomic mass is 9.87. The van der Waals surface area contributed by atoms with Crippen LogP contribution in [0, 0.1) is 5.82 Å². The van der Waals surface area contributed by atoms with Gasteiger partial charge in [0, 0.05) is 5.54 Å². The number of aryl methyl sites for hydroxylation is 1. The fraction of sp³-hybridized carbons (Fsp3) is 0.571. The summed E-state index contributed by atoms with van der Waals surface area (Å²) in [4.78, 5) is 0. The maximum Gasteiger partial charge on any atom is 0.129 e. The normalized spacial score (nSPS) is 16.0. The molecule has 1 aliphatic rings. The minimum Gasteiger partial charge on any atom is -0.325 e. The van der Waals surface area contributed by atoms with Crippen LogP contribution in [0.25, 0.3) is 0 Å². The lowest BCUT2D eigenvalue weighted by Crippen LogP contribution is -2.34. The maximum atomic E-state index is 14.2. The molecule has 0 saturated carbocycles. The molecule has 0 aliphatic heterocycles. The molecule has 0 radical (unpaired) electrons. The first-order chi connectivity index (χ1) is 7.47. The second-order valence-electron chi connectivity index (χ2n) is 5.55. The van der Waals surface area contributed by atoms with Gasteiger partial charge in [-0.2, -0.15) is 0 Å². The van der Waals surface area contributed by atoms with Gasteiger partial charge in [-0.25, -0.2) is 4.39 Å². The van der Waals surface area contributed by atoms with E-state index < -0.39 is 0 Å². The van der Waals surface area contributed by atoms with Gasteiger partial charge in [-0.3, -0.25) is 0 Å². The zero-order chi connectivity index (χ0) is 11.8. The van der Waals surface area contributed by atoms with Gasteiger partial charge in [-0.15, -0.1) is 0 Å². The molecule has 0 aromatic heterocycles. The Labute approximate surface area is 96.9 Å². The molecular formula is C14H20FN. The van der Waals surface area contributed by atoms with Gasteiger partial charge in [0.05, 0.1) is 0 Å². The molecule has 0 atom stereocenters. The monoisotopic (exact) mass is 221 g/mol. The number of fused-ring (bicyclic) bond motifs is 1. The van der Waals surface area contributed by atoms with Crippen molar-refractivity contribution in [1.82, 2.24) is 0 Å². The van der Waals surface area contributed by atoms with E-state index in [1.54, 1.807) is 0 Å². The van der Waals surface area contributed by atoms with E-state index in [2.05, 4.69) is 6.07 Å². The van der Waals surface area contributed by atoms with Crippen LogP contribution in [0.5, 0.6) is 0 Å². The van der Waals surface area contributed by atoms with Crippen LogP contribution in [0.1, 0.15) is 43.4 Å². The van der Waals surface area contributed by atoms with Crippen LogP contribution >= 0.6 is 0 Å². The number of hydrogen-bond acceptors (Lipinski definition) is 1. The van der Waals surface area contributed by atoms with Gasteiger partial charge >= 0.3 is 0 Å². The Morgan fingerprint density at radius 3 is 2.62 bits per heavy atom. The largest absolute Gasteiger partial charge is 0.325 e. The Balaban J connectivity index is 2.34. The standard InChI is InChI=1S/C14H20FN/c1-14(2,16)9-11-8-7-10-5-3-4-6-12(10)13(11)15/h7-8H,3-6,9,16H2,1-2H3. The Bertz CT molecular complexity index is 390. The molecule has 0 unspecified atom stereocenters. The third-order valence-corrected chi connectivity index (χ3v) is 3.19. The molecule has 2 heteroatoms. The van der Waals surface area contributed by atoms with Crippen LogP contribution < -0.4 is 5.73 Å². The Morgan fingerprint density at radius 2 is 1.94 bits per heavy atom. The van der Waals surface area contributed by atoms with Crippen molar-refractivity contribution in [3.8, 4) is 0 Å². The number of benzene rings is 1. The molecule has 0 fully saturated rings. The molecule has 0 spiro atoms. The Morgan fingerprint density at radius 1 is 1.25 bits per heavy atom. The first-order valence-electron chi connectivity index (χ1n) is 6.05. The molecule has 16 heavy (non-hydrogen) atoms.